The number of hydrogen-bond donors (Lipinski definition) is 2. The maximum atomic E-state index is 11.0. The summed E-state index contributed by atoms with van der Waals surface area (Å²) in [5, 5.41) is 11.0. The number of rotatable bonds is 3. The number of nitrogens with one attached hydrogen (secondary N) is 1. The Kier molecular flexibility index (Phi) is 2.75. The number of anilines is 1. The number of nitrogens with two attached hydrogens (primary N) is 1. The zero-order valence-electron chi connectivity index (χ0n) is 10.3. The van der Waals surface area contributed by atoms with Gasteiger partial charge in [0.05, 0.1) is 16.9 Å². The smallest absolute Gasteiger partial charge is 0.272 e. The van der Waals surface area contributed by atoms with Crippen LogP contribution in [0.25, 0.3) is 11.2 Å². The van der Waals surface area contributed by atoms with Gasteiger partial charge in [0.15, 0.2) is 5.65 Å². The number of nitrogens with zero attached hydrogens (tertiary/aromatic N) is 4. The highest BCUT2D eigenvalue weighted by atomic mass is 16.6. The molecule has 0 amide bonds. The highest BCUT2D eigenvalue weighted by Crippen LogP contribution is 2.23. The Balaban J connectivity index is 2.10. The van der Waals surface area contributed by atoms with Crippen LogP contribution in [-0.2, 0) is 6.42 Å². The third-order valence-corrected chi connectivity index (χ3v) is 2.91. The molecule has 0 aliphatic carbocycles. The summed E-state index contributed by atoms with van der Waals surface area (Å²) in [7, 11) is 0. The number of hydrogen-bond acceptors (Lipinski definition) is 6. The Hall–Kier alpha value is -3.03. The van der Waals surface area contributed by atoms with Crippen molar-refractivity contribution in [2.24, 2.45) is 0 Å². The van der Waals surface area contributed by atoms with Crippen LogP contribution < -0.4 is 5.73 Å². The number of fused-ring (bicyclic) bond motifs is 1. The van der Waals surface area contributed by atoms with Crippen LogP contribution in [0.2, 0.25) is 0 Å². The summed E-state index contributed by atoms with van der Waals surface area (Å²) in [5.41, 5.74) is 7.88. The largest absolute Gasteiger partial charge is 0.368 e. The van der Waals surface area contributed by atoms with Gasteiger partial charge in [-0.25, -0.2) is 9.97 Å². The summed E-state index contributed by atoms with van der Waals surface area (Å²) >= 11 is 0. The van der Waals surface area contributed by atoms with E-state index in [0.717, 1.165) is 0 Å². The van der Waals surface area contributed by atoms with E-state index in [0.29, 0.717) is 22.4 Å². The summed E-state index contributed by atoms with van der Waals surface area (Å²) in [5.74, 6) is 0.107. The standard InChI is InChI=1S/C12H10N6O2/c13-12-16-8(10-11(17-12)15-6-14-10)5-7-3-1-2-4-9(7)18(19)20/h1-4,6H,5H2,(H3,13,14,15,16,17). The molecular formula is C12H10N6O2. The fourth-order valence-electron chi connectivity index (χ4n) is 2.06. The molecule has 0 unspecified atom stereocenters. The number of nitro benzene ring substituents is 1. The normalized spacial score (nSPS) is 10.8. The minimum absolute atomic E-state index is 0.0494. The van der Waals surface area contributed by atoms with Crippen molar-refractivity contribution in [2.45, 2.75) is 6.42 Å². The van der Waals surface area contributed by atoms with E-state index < -0.39 is 4.92 Å². The number of nitrogen functional groups attached to an aromatic ring is 1. The summed E-state index contributed by atoms with van der Waals surface area (Å²) in [6.07, 6.45) is 1.76. The molecule has 0 aliphatic heterocycles. The first-order valence-corrected chi connectivity index (χ1v) is 5.83. The van der Waals surface area contributed by atoms with E-state index in [1.54, 1.807) is 18.2 Å². The number of aromatic amines is 1. The molecule has 0 saturated carbocycles. The van der Waals surface area contributed by atoms with Crippen LogP contribution in [0.15, 0.2) is 30.6 Å². The molecule has 0 radical (unpaired) electrons. The molecule has 2 aromatic heterocycles. The lowest BCUT2D eigenvalue weighted by atomic mass is 10.1. The zero-order chi connectivity index (χ0) is 14.1. The van der Waals surface area contributed by atoms with Crippen LogP contribution in [0.3, 0.4) is 0 Å². The molecule has 2 heterocycles. The molecule has 3 N–H and O–H groups in total. The van der Waals surface area contributed by atoms with E-state index in [2.05, 4.69) is 19.9 Å². The van der Waals surface area contributed by atoms with E-state index in [-0.39, 0.29) is 18.1 Å². The summed E-state index contributed by atoms with van der Waals surface area (Å²) in [4.78, 5) is 25.7. The van der Waals surface area contributed by atoms with Gasteiger partial charge in [0.2, 0.25) is 5.95 Å². The van der Waals surface area contributed by atoms with Gasteiger partial charge in [-0.05, 0) is 0 Å². The Morgan fingerprint density at radius 1 is 1.30 bits per heavy atom. The van der Waals surface area contributed by atoms with Gasteiger partial charge in [-0.3, -0.25) is 10.1 Å². The fraction of sp³-hybridized carbons (Fsp3) is 0.0833. The van der Waals surface area contributed by atoms with Crippen LogP contribution in [0.5, 0.6) is 0 Å². The number of nitro groups is 1. The molecule has 1 aromatic carbocycles. The average Bonchev–Trinajstić information content (AvgIpc) is 2.87. The van der Waals surface area contributed by atoms with Crippen LogP contribution in [-0.4, -0.2) is 24.9 Å². The minimum atomic E-state index is -0.415. The van der Waals surface area contributed by atoms with Crippen molar-refractivity contribution in [2.75, 3.05) is 5.73 Å². The van der Waals surface area contributed by atoms with E-state index in [1.165, 1.54) is 12.4 Å². The quantitative estimate of drug-likeness (QED) is 0.548. The number of imidazole rings is 1. The number of para-hydroxylation sites is 1. The van der Waals surface area contributed by atoms with Gasteiger partial charge in [0, 0.05) is 18.1 Å². The lowest BCUT2D eigenvalue weighted by molar-refractivity contribution is -0.385. The zero-order valence-corrected chi connectivity index (χ0v) is 10.3. The predicted molar refractivity (Wildman–Crippen MR) is 72.0 cm³/mol. The Morgan fingerprint density at radius 2 is 2.10 bits per heavy atom. The predicted octanol–water partition coefficient (Wildman–Crippen LogP) is 1.43. The van der Waals surface area contributed by atoms with Gasteiger partial charge >= 0.3 is 0 Å². The molecule has 8 nitrogen and oxygen atoms in total. The van der Waals surface area contributed by atoms with Crippen molar-refractivity contribution in [1.82, 2.24) is 19.9 Å². The second-order valence-corrected chi connectivity index (χ2v) is 4.19. The second-order valence-electron chi connectivity index (χ2n) is 4.19. The van der Waals surface area contributed by atoms with Crippen LogP contribution in [0.1, 0.15) is 11.3 Å². The van der Waals surface area contributed by atoms with Crippen LogP contribution in [0, 0.1) is 10.1 Å². The summed E-state index contributed by atoms with van der Waals surface area (Å²) < 4.78 is 0. The van der Waals surface area contributed by atoms with Gasteiger partial charge in [0.1, 0.15) is 5.52 Å². The van der Waals surface area contributed by atoms with Crippen LogP contribution in [0.4, 0.5) is 11.6 Å². The molecule has 20 heavy (non-hydrogen) atoms. The first-order valence-electron chi connectivity index (χ1n) is 5.83. The van der Waals surface area contributed by atoms with Gasteiger partial charge in [-0.2, -0.15) is 4.98 Å². The number of H-pyrrole nitrogens is 1. The molecule has 0 saturated heterocycles. The maximum Gasteiger partial charge on any atom is 0.272 e. The Morgan fingerprint density at radius 3 is 2.90 bits per heavy atom. The third-order valence-electron chi connectivity index (χ3n) is 2.91. The monoisotopic (exact) mass is 270 g/mol. The van der Waals surface area contributed by atoms with Gasteiger partial charge in [-0.1, -0.05) is 18.2 Å². The third kappa shape index (κ3) is 2.03. The van der Waals surface area contributed by atoms with Crippen molar-refractivity contribution in [3.63, 3.8) is 0 Å². The minimum Gasteiger partial charge on any atom is -0.368 e. The van der Waals surface area contributed by atoms with E-state index in [4.69, 9.17) is 5.73 Å². The first-order chi connectivity index (χ1) is 9.65. The summed E-state index contributed by atoms with van der Waals surface area (Å²) in [6, 6.07) is 6.52. The molecular weight excluding hydrogens is 260 g/mol. The Bertz CT molecular complexity index is 797. The Labute approximate surface area is 112 Å². The van der Waals surface area contributed by atoms with Crippen LogP contribution >= 0.6 is 0 Å². The summed E-state index contributed by atoms with van der Waals surface area (Å²) in [6.45, 7) is 0. The molecule has 0 aliphatic rings. The van der Waals surface area contributed by atoms with Gasteiger partial charge < -0.3 is 10.7 Å². The molecule has 8 heteroatoms. The molecule has 0 bridgehead atoms. The van der Waals surface area contributed by atoms with Crippen molar-refractivity contribution in [3.05, 3.63) is 52.0 Å². The lowest BCUT2D eigenvalue weighted by Gasteiger charge is -2.04. The highest BCUT2D eigenvalue weighted by molar-refractivity contribution is 5.74. The molecule has 0 atom stereocenters. The van der Waals surface area contributed by atoms with Gasteiger partial charge in [-0.15, -0.1) is 0 Å². The molecule has 3 aromatic rings. The van der Waals surface area contributed by atoms with Gasteiger partial charge in [0.25, 0.3) is 5.69 Å². The average molecular weight is 270 g/mol. The van der Waals surface area contributed by atoms with E-state index in [9.17, 15) is 10.1 Å². The van der Waals surface area contributed by atoms with E-state index >= 15 is 0 Å². The lowest BCUT2D eigenvalue weighted by Crippen LogP contribution is -2.03. The second kappa shape index (κ2) is 4.57. The first kappa shape index (κ1) is 12.0. The van der Waals surface area contributed by atoms with Crippen molar-refractivity contribution in [1.29, 1.82) is 0 Å². The fourth-order valence-corrected chi connectivity index (χ4v) is 2.06. The van der Waals surface area contributed by atoms with Crippen molar-refractivity contribution >= 4 is 22.8 Å². The topological polar surface area (TPSA) is 124 Å². The van der Waals surface area contributed by atoms with Crippen molar-refractivity contribution < 1.29 is 4.92 Å². The van der Waals surface area contributed by atoms with E-state index in [1.807, 2.05) is 0 Å². The molecule has 0 spiro atoms. The highest BCUT2D eigenvalue weighted by Gasteiger charge is 2.16. The molecule has 100 valence electrons. The van der Waals surface area contributed by atoms with Crippen molar-refractivity contribution in [3.8, 4) is 0 Å². The molecule has 3 rings (SSSR count). The SMILES string of the molecule is Nc1nc(Cc2ccccc2[N+](=O)[O-])c2nc[nH]c2n1. The number of benzene rings is 1. The maximum absolute atomic E-state index is 11.0. The molecule has 0 fully saturated rings. The number of aromatic nitrogens is 4.